The highest BCUT2D eigenvalue weighted by Gasteiger charge is 2.24. The molecule has 1 unspecified atom stereocenters. The van der Waals surface area contributed by atoms with Gasteiger partial charge in [-0.2, -0.15) is 0 Å². The summed E-state index contributed by atoms with van der Waals surface area (Å²) < 4.78 is 10.2. The third kappa shape index (κ3) is 4.09. The van der Waals surface area contributed by atoms with Crippen LogP contribution in [0.15, 0.2) is 18.2 Å². The number of halogens is 2. The van der Waals surface area contributed by atoms with E-state index in [1.54, 1.807) is 18.2 Å². The molecule has 1 rings (SSSR count). The van der Waals surface area contributed by atoms with Gasteiger partial charge in [0.1, 0.15) is 6.10 Å². The van der Waals surface area contributed by atoms with Gasteiger partial charge >= 0.3 is 0 Å². The molecule has 0 aromatic heterocycles. The number of benzene rings is 1. The number of aliphatic hydroxyl groups excluding tert-OH is 1. The molecule has 0 heterocycles. The van der Waals surface area contributed by atoms with E-state index in [2.05, 4.69) is 0 Å². The summed E-state index contributed by atoms with van der Waals surface area (Å²) in [5.74, 6) is 0. The maximum atomic E-state index is 10.2. The Hall–Kier alpha value is -0.360. The van der Waals surface area contributed by atoms with E-state index in [1.165, 1.54) is 7.11 Å². The van der Waals surface area contributed by atoms with Crippen molar-refractivity contribution in [3.63, 3.8) is 0 Å². The molecule has 0 amide bonds. The second-order valence-electron chi connectivity index (χ2n) is 3.80. The number of ether oxygens (including phenoxy) is 2. The minimum absolute atomic E-state index is 0.392. The molecule has 4 nitrogen and oxygen atoms in total. The van der Waals surface area contributed by atoms with Crippen LogP contribution in [0.4, 0.5) is 0 Å². The zero-order valence-corrected chi connectivity index (χ0v) is 11.8. The summed E-state index contributed by atoms with van der Waals surface area (Å²) in [6.07, 6.45) is -1.70. The van der Waals surface area contributed by atoms with E-state index >= 15 is 0 Å². The minimum Gasteiger partial charge on any atom is -0.386 e. The van der Waals surface area contributed by atoms with Gasteiger partial charge in [-0.25, -0.2) is 0 Å². The van der Waals surface area contributed by atoms with Crippen LogP contribution in [0, 0.1) is 0 Å². The third-order valence-corrected chi connectivity index (χ3v) is 3.14. The molecule has 0 saturated carbocycles. The molecule has 18 heavy (non-hydrogen) atoms. The Morgan fingerprint density at radius 2 is 2.06 bits per heavy atom. The van der Waals surface area contributed by atoms with Crippen molar-refractivity contribution in [2.75, 3.05) is 7.11 Å². The Kier molecular flexibility index (Phi) is 6.35. The molecule has 0 aliphatic heterocycles. The van der Waals surface area contributed by atoms with Gasteiger partial charge in [0, 0.05) is 22.7 Å². The van der Waals surface area contributed by atoms with E-state index in [4.69, 9.17) is 38.4 Å². The molecule has 3 N–H and O–H groups in total. The Morgan fingerprint density at radius 3 is 2.56 bits per heavy atom. The van der Waals surface area contributed by atoms with Gasteiger partial charge in [-0.15, -0.1) is 0 Å². The van der Waals surface area contributed by atoms with Crippen molar-refractivity contribution in [3.05, 3.63) is 33.8 Å². The molecule has 0 aliphatic carbocycles. The maximum Gasteiger partial charge on any atom is 0.213 e. The number of nitrogens with two attached hydrogens (primary N) is 1. The normalized spacial score (nSPS) is 16.3. The van der Waals surface area contributed by atoms with Crippen LogP contribution in [0.5, 0.6) is 0 Å². The van der Waals surface area contributed by atoms with Crippen LogP contribution >= 0.6 is 23.2 Å². The fraction of sp³-hybridized carbons (Fsp3) is 0.500. The summed E-state index contributed by atoms with van der Waals surface area (Å²) in [4.78, 5) is 0. The summed E-state index contributed by atoms with van der Waals surface area (Å²) in [5, 5.41) is 11.1. The van der Waals surface area contributed by atoms with Crippen molar-refractivity contribution < 1.29 is 14.6 Å². The number of aliphatic hydroxyl groups is 1. The average molecular weight is 294 g/mol. The predicted molar refractivity (Wildman–Crippen MR) is 71.6 cm³/mol. The lowest BCUT2D eigenvalue weighted by Crippen LogP contribution is -2.34. The first-order valence-electron chi connectivity index (χ1n) is 5.56. The van der Waals surface area contributed by atoms with Crippen molar-refractivity contribution >= 4 is 23.2 Å². The maximum absolute atomic E-state index is 10.2. The molecule has 1 aromatic rings. The standard InChI is InChI=1S/C12H17Cl2NO3/c1-3-10(18-12(15)17-2)11(16)8-5-4-7(13)6-9(8)14/h4-6,10-12,16H,3,15H2,1-2H3/t10-,11-,12?/m0/s1. The van der Waals surface area contributed by atoms with Crippen LogP contribution in [0.2, 0.25) is 10.0 Å². The van der Waals surface area contributed by atoms with E-state index in [9.17, 15) is 5.11 Å². The smallest absolute Gasteiger partial charge is 0.213 e. The van der Waals surface area contributed by atoms with Crippen molar-refractivity contribution in [1.29, 1.82) is 0 Å². The van der Waals surface area contributed by atoms with Crippen LogP contribution in [0.1, 0.15) is 25.0 Å². The van der Waals surface area contributed by atoms with Gasteiger partial charge in [-0.1, -0.05) is 36.2 Å². The summed E-state index contributed by atoms with van der Waals surface area (Å²) in [6.45, 7) is 1.88. The minimum atomic E-state index is -0.888. The molecule has 0 bridgehead atoms. The zero-order chi connectivity index (χ0) is 13.7. The van der Waals surface area contributed by atoms with Crippen LogP contribution in [-0.4, -0.2) is 24.7 Å². The van der Waals surface area contributed by atoms with E-state index in [0.717, 1.165) is 0 Å². The average Bonchev–Trinajstić information content (AvgIpc) is 2.34. The van der Waals surface area contributed by atoms with Crippen molar-refractivity contribution in [3.8, 4) is 0 Å². The number of hydrogen-bond donors (Lipinski definition) is 2. The van der Waals surface area contributed by atoms with Crippen LogP contribution in [0.25, 0.3) is 0 Å². The van der Waals surface area contributed by atoms with E-state index in [0.29, 0.717) is 22.0 Å². The molecule has 6 heteroatoms. The van der Waals surface area contributed by atoms with Gasteiger partial charge in [-0.3, -0.25) is 5.73 Å². The lowest BCUT2D eigenvalue weighted by Gasteiger charge is -2.25. The molecule has 0 fully saturated rings. The Bertz CT molecular complexity index is 390. The lowest BCUT2D eigenvalue weighted by molar-refractivity contribution is -0.178. The number of methoxy groups -OCH3 is 1. The Morgan fingerprint density at radius 1 is 1.39 bits per heavy atom. The molecular weight excluding hydrogens is 277 g/mol. The first kappa shape index (κ1) is 15.7. The predicted octanol–water partition coefficient (Wildman–Crippen LogP) is 2.71. The van der Waals surface area contributed by atoms with Crippen molar-refractivity contribution in [2.45, 2.75) is 32.0 Å². The fourth-order valence-electron chi connectivity index (χ4n) is 1.56. The molecule has 0 spiro atoms. The van der Waals surface area contributed by atoms with Crippen LogP contribution in [0.3, 0.4) is 0 Å². The zero-order valence-electron chi connectivity index (χ0n) is 10.3. The highest BCUT2D eigenvalue weighted by atomic mass is 35.5. The summed E-state index contributed by atoms with van der Waals surface area (Å²) in [5.41, 5.74) is 6.07. The quantitative estimate of drug-likeness (QED) is 0.792. The topological polar surface area (TPSA) is 64.7 Å². The first-order chi connectivity index (χ1) is 8.49. The van der Waals surface area contributed by atoms with Gasteiger partial charge < -0.3 is 14.6 Å². The fourth-order valence-corrected chi connectivity index (χ4v) is 2.08. The molecule has 0 radical (unpaired) electrons. The molecule has 0 aliphatic rings. The summed E-state index contributed by atoms with van der Waals surface area (Å²) in [7, 11) is 1.43. The third-order valence-electron chi connectivity index (χ3n) is 2.58. The monoisotopic (exact) mass is 293 g/mol. The number of rotatable bonds is 6. The highest BCUT2D eigenvalue weighted by Crippen LogP contribution is 2.30. The molecule has 1 aromatic carbocycles. The van der Waals surface area contributed by atoms with E-state index in [1.807, 2.05) is 6.92 Å². The molecule has 3 atom stereocenters. The van der Waals surface area contributed by atoms with E-state index in [-0.39, 0.29) is 0 Å². The van der Waals surface area contributed by atoms with Crippen LogP contribution in [-0.2, 0) is 9.47 Å². The second kappa shape index (κ2) is 7.28. The largest absolute Gasteiger partial charge is 0.386 e. The molecular formula is C12H17Cl2NO3. The van der Waals surface area contributed by atoms with Gasteiger partial charge in [-0.05, 0) is 18.6 Å². The Balaban J connectivity index is 2.85. The Labute approximate surface area is 117 Å². The molecule has 0 saturated heterocycles. The lowest BCUT2D eigenvalue weighted by atomic mass is 10.0. The molecule has 102 valence electrons. The highest BCUT2D eigenvalue weighted by molar-refractivity contribution is 6.35. The van der Waals surface area contributed by atoms with Gasteiger partial charge in [0.05, 0.1) is 6.10 Å². The summed E-state index contributed by atoms with van der Waals surface area (Å²) in [6, 6.07) is 4.90. The van der Waals surface area contributed by atoms with Crippen molar-refractivity contribution in [1.82, 2.24) is 0 Å². The SMILES string of the molecule is CC[C@H](OC(N)OC)[C@@H](O)c1ccc(Cl)cc1Cl. The van der Waals surface area contributed by atoms with Gasteiger partial charge in [0.2, 0.25) is 6.41 Å². The van der Waals surface area contributed by atoms with Gasteiger partial charge in [0.15, 0.2) is 0 Å². The second-order valence-corrected chi connectivity index (χ2v) is 4.64. The number of hydrogen-bond acceptors (Lipinski definition) is 4. The van der Waals surface area contributed by atoms with Gasteiger partial charge in [0.25, 0.3) is 0 Å². The van der Waals surface area contributed by atoms with E-state index < -0.39 is 18.6 Å². The van der Waals surface area contributed by atoms with Crippen molar-refractivity contribution in [2.24, 2.45) is 5.73 Å². The van der Waals surface area contributed by atoms with Crippen LogP contribution < -0.4 is 5.73 Å². The summed E-state index contributed by atoms with van der Waals surface area (Å²) >= 11 is 11.8. The first-order valence-corrected chi connectivity index (χ1v) is 6.32.